The molecule has 1 atom stereocenters. The predicted molar refractivity (Wildman–Crippen MR) is 131 cm³/mol. The van der Waals surface area contributed by atoms with Gasteiger partial charge < -0.3 is 4.90 Å². The number of aryl methyl sites for hydroxylation is 1. The number of benzene rings is 2. The number of rotatable bonds is 7. The van der Waals surface area contributed by atoms with Crippen LogP contribution >= 0.6 is 11.3 Å². The lowest BCUT2D eigenvalue weighted by atomic mass is 9.95. The van der Waals surface area contributed by atoms with Crippen LogP contribution in [0.2, 0.25) is 0 Å². The molecule has 2 heterocycles. The predicted octanol–water partition coefficient (Wildman–Crippen LogP) is 3.79. The molecular weight excluding hydrogens is 434 g/mol. The first-order valence-corrected chi connectivity index (χ1v) is 12.1. The number of hydrogen-bond acceptors (Lipinski definition) is 6. The van der Waals surface area contributed by atoms with Gasteiger partial charge in [-0.1, -0.05) is 72.4 Å². The number of aromatic nitrogens is 2. The quantitative estimate of drug-likeness (QED) is 0.577. The van der Waals surface area contributed by atoms with Gasteiger partial charge in [-0.15, -0.1) is 10.2 Å². The van der Waals surface area contributed by atoms with Crippen molar-refractivity contribution in [2.75, 3.05) is 38.0 Å². The number of nitrogens with one attached hydrogen (secondary N) is 1. The van der Waals surface area contributed by atoms with E-state index < -0.39 is 0 Å². The van der Waals surface area contributed by atoms with Crippen molar-refractivity contribution in [3.05, 3.63) is 65.7 Å². The molecule has 3 aromatic rings. The minimum absolute atomic E-state index is 0.110. The van der Waals surface area contributed by atoms with Crippen molar-refractivity contribution in [3.8, 4) is 10.6 Å². The lowest BCUT2D eigenvalue weighted by molar-refractivity contribution is -0.134. The van der Waals surface area contributed by atoms with Crippen LogP contribution in [0.25, 0.3) is 10.6 Å². The molecule has 2 amide bonds. The molecule has 0 bridgehead atoms. The first-order chi connectivity index (χ1) is 16.0. The molecule has 0 saturated carbocycles. The molecule has 0 spiro atoms. The third-order valence-corrected chi connectivity index (χ3v) is 6.78. The highest BCUT2D eigenvalue weighted by Crippen LogP contribution is 2.27. The lowest BCUT2D eigenvalue weighted by Gasteiger charge is -2.36. The Morgan fingerprint density at radius 1 is 1.03 bits per heavy atom. The molecule has 0 radical (unpaired) electrons. The van der Waals surface area contributed by atoms with E-state index in [1.54, 1.807) is 0 Å². The average molecular weight is 464 g/mol. The van der Waals surface area contributed by atoms with Crippen LogP contribution in [0.3, 0.4) is 0 Å². The highest BCUT2D eigenvalue weighted by Gasteiger charge is 2.28. The summed E-state index contributed by atoms with van der Waals surface area (Å²) in [7, 11) is 0. The number of nitrogens with zero attached hydrogens (tertiary/aromatic N) is 4. The summed E-state index contributed by atoms with van der Waals surface area (Å²) in [6.07, 6.45) is 0.776. The fourth-order valence-corrected chi connectivity index (χ4v) is 4.87. The highest BCUT2D eigenvalue weighted by molar-refractivity contribution is 7.18. The molecule has 4 rings (SSSR count). The Balaban J connectivity index is 1.27. The molecule has 0 aliphatic carbocycles. The fraction of sp³-hybridized carbons (Fsp3) is 0.360. The number of amides is 2. The van der Waals surface area contributed by atoms with Crippen LogP contribution in [0.5, 0.6) is 0 Å². The summed E-state index contributed by atoms with van der Waals surface area (Å²) in [6.45, 7) is 6.97. The molecule has 1 aromatic heterocycles. The van der Waals surface area contributed by atoms with Gasteiger partial charge in [-0.05, 0) is 25.0 Å². The summed E-state index contributed by atoms with van der Waals surface area (Å²) in [5.74, 6) is -0.0520. The molecule has 33 heavy (non-hydrogen) atoms. The zero-order valence-electron chi connectivity index (χ0n) is 19.0. The van der Waals surface area contributed by atoms with Gasteiger partial charge in [0, 0.05) is 31.7 Å². The van der Waals surface area contributed by atoms with E-state index >= 15 is 0 Å². The topological polar surface area (TPSA) is 78.4 Å². The second kappa shape index (κ2) is 10.7. The number of piperazine rings is 1. The standard InChI is InChI=1S/C25H29N5O2S/c1-3-21(19-9-5-4-6-10-19)24(32)30-14-12-29(13-15-30)17-22(31)26-25-28-27-23(33-25)20-11-7-8-18(2)16-20/h4-11,16,21H,3,12-15,17H2,1-2H3,(H,26,28,31)/t21-/m1/s1. The Morgan fingerprint density at radius 2 is 1.79 bits per heavy atom. The number of anilines is 1. The molecule has 1 aliphatic heterocycles. The van der Waals surface area contributed by atoms with Crippen LogP contribution in [0, 0.1) is 6.92 Å². The van der Waals surface area contributed by atoms with Gasteiger partial charge >= 0.3 is 0 Å². The summed E-state index contributed by atoms with van der Waals surface area (Å²) in [4.78, 5) is 29.6. The van der Waals surface area contributed by atoms with Crippen LogP contribution < -0.4 is 5.32 Å². The van der Waals surface area contributed by atoms with Crippen molar-refractivity contribution in [1.29, 1.82) is 0 Å². The largest absolute Gasteiger partial charge is 0.340 e. The van der Waals surface area contributed by atoms with Crippen LogP contribution in [0.4, 0.5) is 5.13 Å². The summed E-state index contributed by atoms with van der Waals surface area (Å²) in [5.41, 5.74) is 3.21. The normalized spacial score (nSPS) is 15.3. The van der Waals surface area contributed by atoms with Crippen LogP contribution in [-0.2, 0) is 9.59 Å². The van der Waals surface area contributed by atoms with E-state index in [9.17, 15) is 9.59 Å². The molecule has 1 N–H and O–H groups in total. The van der Waals surface area contributed by atoms with E-state index in [2.05, 4.69) is 20.4 Å². The van der Waals surface area contributed by atoms with Crippen molar-refractivity contribution in [2.45, 2.75) is 26.2 Å². The molecule has 8 heteroatoms. The minimum atomic E-state index is -0.113. The maximum Gasteiger partial charge on any atom is 0.240 e. The first-order valence-electron chi connectivity index (χ1n) is 11.3. The lowest BCUT2D eigenvalue weighted by Crippen LogP contribution is -2.51. The maximum atomic E-state index is 13.1. The zero-order valence-corrected chi connectivity index (χ0v) is 19.8. The third-order valence-electron chi connectivity index (χ3n) is 5.90. The highest BCUT2D eigenvalue weighted by atomic mass is 32.1. The Morgan fingerprint density at radius 3 is 2.48 bits per heavy atom. The smallest absolute Gasteiger partial charge is 0.240 e. The first kappa shape index (κ1) is 23.1. The van der Waals surface area contributed by atoms with Gasteiger partial charge in [-0.2, -0.15) is 0 Å². The van der Waals surface area contributed by atoms with Crippen LogP contribution in [-0.4, -0.2) is 64.5 Å². The van der Waals surface area contributed by atoms with Crippen LogP contribution in [0.1, 0.15) is 30.4 Å². The summed E-state index contributed by atoms with van der Waals surface area (Å²) >= 11 is 1.37. The van der Waals surface area contributed by atoms with E-state index in [0.717, 1.165) is 28.1 Å². The van der Waals surface area contributed by atoms with Crippen molar-refractivity contribution >= 4 is 28.3 Å². The van der Waals surface area contributed by atoms with Crippen molar-refractivity contribution < 1.29 is 9.59 Å². The van der Waals surface area contributed by atoms with Gasteiger partial charge in [-0.3, -0.25) is 19.8 Å². The van der Waals surface area contributed by atoms with E-state index in [-0.39, 0.29) is 24.3 Å². The second-order valence-corrected chi connectivity index (χ2v) is 9.28. The Hall–Kier alpha value is -3.10. The van der Waals surface area contributed by atoms with E-state index in [1.807, 2.05) is 73.3 Å². The van der Waals surface area contributed by atoms with Crippen LogP contribution in [0.15, 0.2) is 54.6 Å². The van der Waals surface area contributed by atoms with E-state index in [1.165, 1.54) is 11.3 Å². The summed E-state index contributed by atoms with van der Waals surface area (Å²) < 4.78 is 0. The molecule has 7 nitrogen and oxygen atoms in total. The zero-order chi connectivity index (χ0) is 23.2. The fourth-order valence-electron chi connectivity index (χ4n) is 4.12. The molecule has 1 fully saturated rings. The molecule has 1 saturated heterocycles. The maximum absolute atomic E-state index is 13.1. The summed E-state index contributed by atoms with van der Waals surface area (Å²) in [6, 6.07) is 18.0. The van der Waals surface area contributed by atoms with Gasteiger partial charge in [0.25, 0.3) is 0 Å². The third kappa shape index (κ3) is 5.83. The number of carbonyl (C=O) groups excluding carboxylic acids is 2. The van der Waals surface area contributed by atoms with E-state index in [4.69, 9.17) is 0 Å². The molecule has 1 aliphatic rings. The molecule has 0 unspecified atom stereocenters. The van der Waals surface area contributed by atoms with Gasteiger partial charge in [-0.25, -0.2) is 0 Å². The Bertz CT molecular complexity index is 1090. The summed E-state index contributed by atoms with van der Waals surface area (Å²) in [5, 5.41) is 12.5. The van der Waals surface area contributed by atoms with Gasteiger partial charge in [0.1, 0.15) is 5.01 Å². The Labute approximate surface area is 198 Å². The molecule has 2 aromatic carbocycles. The Kier molecular flexibility index (Phi) is 7.47. The van der Waals surface area contributed by atoms with Crippen molar-refractivity contribution in [1.82, 2.24) is 20.0 Å². The number of carbonyl (C=O) groups is 2. The van der Waals surface area contributed by atoms with Crippen molar-refractivity contribution in [2.24, 2.45) is 0 Å². The van der Waals surface area contributed by atoms with Crippen molar-refractivity contribution in [3.63, 3.8) is 0 Å². The monoisotopic (exact) mass is 463 g/mol. The SMILES string of the molecule is CC[C@@H](C(=O)N1CCN(CC(=O)Nc2nnc(-c3cccc(C)c3)s2)CC1)c1ccccc1. The minimum Gasteiger partial charge on any atom is -0.340 e. The number of hydrogen-bond donors (Lipinski definition) is 1. The molecular formula is C25H29N5O2S. The average Bonchev–Trinajstić information content (AvgIpc) is 3.29. The second-order valence-electron chi connectivity index (χ2n) is 8.30. The van der Waals surface area contributed by atoms with Gasteiger partial charge in [0.15, 0.2) is 0 Å². The van der Waals surface area contributed by atoms with E-state index in [0.29, 0.717) is 31.3 Å². The van der Waals surface area contributed by atoms with Gasteiger partial charge in [0.2, 0.25) is 16.9 Å². The molecule has 172 valence electrons. The van der Waals surface area contributed by atoms with Gasteiger partial charge in [0.05, 0.1) is 12.5 Å².